The lowest BCUT2D eigenvalue weighted by atomic mass is 10.2. The Bertz CT molecular complexity index is 822. The zero-order valence-corrected chi connectivity index (χ0v) is 10.6. The highest BCUT2D eigenvalue weighted by atomic mass is 16.6. The van der Waals surface area contributed by atoms with Crippen LogP contribution in [0.15, 0.2) is 52.2 Å². The van der Waals surface area contributed by atoms with E-state index < -0.39 is 4.92 Å². The summed E-state index contributed by atoms with van der Waals surface area (Å²) in [7, 11) is 0. The van der Waals surface area contributed by atoms with Crippen molar-refractivity contribution < 1.29 is 9.34 Å². The minimum absolute atomic E-state index is 0.271. The number of hydrogen-bond donors (Lipinski definition) is 1. The summed E-state index contributed by atoms with van der Waals surface area (Å²) >= 11 is 0. The number of hydrazone groups is 1. The van der Waals surface area contributed by atoms with E-state index in [1.165, 1.54) is 24.7 Å². The van der Waals surface area contributed by atoms with Gasteiger partial charge in [0, 0.05) is 5.39 Å². The van der Waals surface area contributed by atoms with Gasteiger partial charge in [0.2, 0.25) is 0 Å². The summed E-state index contributed by atoms with van der Waals surface area (Å²) < 4.78 is 4.95. The predicted molar refractivity (Wildman–Crippen MR) is 76.1 cm³/mol. The first-order chi connectivity index (χ1) is 10.2. The maximum absolute atomic E-state index is 10.5. The summed E-state index contributed by atoms with van der Waals surface area (Å²) in [6, 6.07) is 10.2. The molecule has 104 valence electrons. The van der Waals surface area contributed by atoms with Gasteiger partial charge in [0.15, 0.2) is 11.6 Å². The number of rotatable bonds is 4. The van der Waals surface area contributed by atoms with Crippen LogP contribution in [0.1, 0.15) is 5.76 Å². The van der Waals surface area contributed by atoms with E-state index in [0.29, 0.717) is 5.82 Å². The monoisotopic (exact) mass is 283 g/mol. The number of para-hydroxylation sites is 1. The van der Waals surface area contributed by atoms with Crippen molar-refractivity contribution in [3.8, 4) is 0 Å². The van der Waals surface area contributed by atoms with E-state index in [2.05, 4.69) is 20.5 Å². The standard InChI is InChI=1S/C13H9N5O3/c19-18(20)12-6-5-9(21-12)7-16-17-13-10-3-1-2-4-11(10)14-8-15-13/h1-8H,(H,14,15,17). The van der Waals surface area contributed by atoms with E-state index in [4.69, 9.17) is 4.42 Å². The molecule has 0 spiro atoms. The number of fused-ring (bicyclic) bond motifs is 1. The van der Waals surface area contributed by atoms with Crippen LogP contribution in [0, 0.1) is 10.1 Å². The minimum Gasteiger partial charge on any atom is -0.400 e. The average Bonchev–Trinajstić information content (AvgIpc) is 2.97. The van der Waals surface area contributed by atoms with Gasteiger partial charge < -0.3 is 4.42 Å². The summed E-state index contributed by atoms with van der Waals surface area (Å²) in [6.07, 6.45) is 2.77. The zero-order chi connectivity index (χ0) is 14.7. The lowest BCUT2D eigenvalue weighted by molar-refractivity contribution is -0.402. The molecule has 0 saturated carbocycles. The molecule has 0 aliphatic carbocycles. The molecule has 0 radical (unpaired) electrons. The molecule has 8 heteroatoms. The lowest BCUT2D eigenvalue weighted by Crippen LogP contribution is -1.95. The topological polar surface area (TPSA) is 106 Å². The van der Waals surface area contributed by atoms with Gasteiger partial charge in [-0.05, 0) is 18.2 Å². The Hall–Kier alpha value is -3.29. The van der Waals surface area contributed by atoms with Crippen LogP contribution in [0.25, 0.3) is 10.9 Å². The van der Waals surface area contributed by atoms with Gasteiger partial charge in [0.1, 0.15) is 11.3 Å². The van der Waals surface area contributed by atoms with Gasteiger partial charge >= 0.3 is 5.88 Å². The SMILES string of the molecule is O=[N+]([O-])c1ccc(C=NNc2ncnc3ccccc23)o1. The van der Waals surface area contributed by atoms with E-state index >= 15 is 0 Å². The number of nitrogens with zero attached hydrogens (tertiary/aromatic N) is 4. The fourth-order valence-corrected chi connectivity index (χ4v) is 1.76. The second kappa shape index (κ2) is 5.37. The van der Waals surface area contributed by atoms with Gasteiger partial charge in [-0.1, -0.05) is 12.1 Å². The molecular weight excluding hydrogens is 274 g/mol. The summed E-state index contributed by atoms with van der Waals surface area (Å²) in [5.74, 6) is 0.481. The highest BCUT2D eigenvalue weighted by molar-refractivity contribution is 5.89. The van der Waals surface area contributed by atoms with Crippen molar-refractivity contribution in [3.05, 3.63) is 58.6 Å². The van der Waals surface area contributed by atoms with Crippen molar-refractivity contribution in [1.82, 2.24) is 9.97 Å². The maximum Gasteiger partial charge on any atom is 0.433 e. The summed E-state index contributed by atoms with van der Waals surface area (Å²) in [6.45, 7) is 0. The van der Waals surface area contributed by atoms with Crippen LogP contribution in [0.5, 0.6) is 0 Å². The third-order valence-corrected chi connectivity index (χ3v) is 2.70. The average molecular weight is 283 g/mol. The molecule has 0 unspecified atom stereocenters. The highest BCUT2D eigenvalue weighted by Gasteiger charge is 2.10. The van der Waals surface area contributed by atoms with Gasteiger partial charge in [-0.25, -0.2) is 9.97 Å². The molecule has 0 atom stereocenters. The fourth-order valence-electron chi connectivity index (χ4n) is 1.76. The minimum atomic E-state index is -0.608. The predicted octanol–water partition coefficient (Wildman–Crippen LogP) is 2.58. The molecule has 21 heavy (non-hydrogen) atoms. The second-order valence-corrected chi connectivity index (χ2v) is 4.04. The Morgan fingerprint density at radius 1 is 1.24 bits per heavy atom. The van der Waals surface area contributed by atoms with E-state index in [1.807, 2.05) is 24.3 Å². The van der Waals surface area contributed by atoms with Crippen molar-refractivity contribution in [2.75, 3.05) is 5.43 Å². The molecule has 0 aliphatic heterocycles. The number of anilines is 1. The smallest absolute Gasteiger partial charge is 0.400 e. The van der Waals surface area contributed by atoms with Gasteiger partial charge in [-0.3, -0.25) is 15.5 Å². The van der Waals surface area contributed by atoms with Gasteiger partial charge in [-0.15, -0.1) is 0 Å². The highest BCUT2D eigenvalue weighted by Crippen LogP contribution is 2.18. The number of nitro groups is 1. The van der Waals surface area contributed by atoms with Crippen LogP contribution in [-0.4, -0.2) is 21.1 Å². The first-order valence-corrected chi connectivity index (χ1v) is 5.97. The lowest BCUT2D eigenvalue weighted by Gasteiger charge is -2.02. The number of nitrogens with one attached hydrogen (secondary N) is 1. The van der Waals surface area contributed by atoms with Crippen LogP contribution >= 0.6 is 0 Å². The number of furan rings is 1. The number of aromatic nitrogens is 2. The third kappa shape index (κ3) is 2.68. The van der Waals surface area contributed by atoms with E-state index in [-0.39, 0.29) is 11.6 Å². The van der Waals surface area contributed by atoms with Crippen molar-refractivity contribution >= 4 is 28.8 Å². The first kappa shape index (κ1) is 12.7. The molecule has 8 nitrogen and oxygen atoms in total. The molecule has 0 saturated heterocycles. The van der Waals surface area contributed by atoms with Crippen molar-refractivity contribution in [2.45, 2.75) is 0 Å². The molecule has 0 aliphatic rings. The Labute approximate surface area is 118 Å². The van der Waals surface area contributed by atoms with Crippen molar-refractivity contribution in [1.29, 1.82) is 0 Å². The van der Waals surface area contributed by atoms with E-state index in [1.54, 1.807) is 0 Å². The molecule has 3 rings (SSSR count). The summed E-state index contributed by atoms with van der Waals surface area (Å²) in [5.41, 5.74) is 3.55. The zero-order valence-electron chi connectivity index (χ0n) is 10.6. The molecule has 0 fully saturated rings. The molecular formula is C13H9N5O3. The van der Waals surface area contributed by atoms with Gasteiger partial charge in [0.25, 0.3) is 0 Å². The Morgan fingerprint density at radius 2 is 2.10 bits per heavy atom. The van der Waals surface area contributed by atoms with Crippen LogP contribution in [0.2, 0.25) is 0 Å². The molecule has 2 aromatic heterocycles. The quantitative estimate of drug-likeness (QED) is 0.448. The van der Waals surface area contributed by atoms with Gasteiger partial charge in [-0.2, -0.15) is 5.10 Å². The first-order valence-electron chi connectivity index (χ1n) is 5.97. The summed E-state index contributed by atoms with van der Waals surface area (Å²) in [4.78, 5) is 18.1. The molecule has 1 aromatic carbocycles. The van der Waals surface area contributed by atoms with E-state index in [9.17, 15) is 10.1 Å². The van der Waals surface area contributed by atoms with Crippen molar-refractivity contribution in [2.24, 2.45) is 5.10 Å². The molecule has 0 bridgehead atoms. The second-order valence-electron chi connectivity index (χ2n) is 4.04. The number of hydrogen-bond acceptors (Lipinski definition) is 7. The fraction of sp³-hybridized carbons (Fsp3) is 0. The Morgan fingerprint density at radius 3 is 2.90 bits per heavy atom. The Balaban J connectivity index is 1.79. The summed E-state index contributed by atoms with van der Waals surface area (Å²) in [5, 5.41) is 15.3. The van der Waals surface area contributed by atoms with Crippen LogP contribution < -0.4 is 5.43 Å². The molecule has 3 aromatic rings. The van der Waals surface area contributed by atoms with E-state index in [0.717, 1.165) is 10.9 Å². The number of benzene rings is 1. The molecule has 0 amide bonds. The third-order valence-electron chi connectivity index (χ3n) is 2.70. The maximum atomic E-state index is 10.5. The molecule has 2 heterocycles. The van der Waals surface area contributed by atoms with Crippen LogP contribution in [0.3, 0.4) is 0 Å². The van der Waals surface area contributed by atoms with Crippen molar-refractivity contribution in [3.63, 3.8) is 0 Å². The van der Waals surface area contributed by atoms with Crippen LogP contribution in [0.4, 0.5) is 11.7 Å². The largest absolute Gasteiger partial charge is 0.433 e. The molecule has 1 N–H and O–H groups in total. The Kier molecular flexibility index (Phi) is 3.26. The normalized spacial score (nSPS) is 11.0. The van der Waals surface area contributed by atoms with Gasteiger partial charge in [0.05, 0.1) is 17.8 Å². The van der Waals surface area contributed by atoms with Crippen LogP contribution in [-0.2, 0) is 0 Å².